The fraction of sp³-hybridized carbons (Fsp3) is 0.500. The van der Waals surface area contributed by atoms with Crippen LogP contribution in [0.5, 0.6) is 0 Å². The SMILES string of the molecule is CC(Nc1ccc(S(C)(=O)=O)cc1)C(C)(C)O. The van der Waals surface area contributed by atoms with Crippen LogP contribution < -0.4 is 5.32 Å². The molecule has 96 valence electrons. The summed E-state index contributed by atoms with van der Waals surface area (Å²) in [6.07, 6.45) is 1.18. The van der Waals surface area contributed by atoms with E-state index in [0.717, 1.165) is 5.69 Å². The van der Waals surface area contributed by atoms with Gasteiger partial charge >= 0.3 is 0 Å². The zero-order valence-corrected chi connectivity index (χ0v) is 11.4. The summed E-state index contributed by atoms with van der Waals surface area (Å²) in [5.41, 5.74) is -0.0535. The Morgan fingerprint density at radius 3 is 2.06 bits per heavy atom. The molecule has 0 heterocycles. The number of rotatable bonds is 4. The van der Waals surface area contributed by atoms with Gasteiger partial charge in [-0.3, -0.25) is 0 Å². The highest BCUT2D eigenvalue weighted by Gasteiger charge is 2.21. The lowest BCUT2D eigenvalue weighted by atomic mass is 10.0. The summed E-state index contributed by atoms with van der Waals surface area (Å²) >= 11 is 0. The first-order valence-electron chi connectivity index (χ1n) is 5.40. The maximum absolute atomic E-state index is 11.3. The zero-order chi connectivity index (χ0) is 13.3. The molecule has 0 fully saturated rings. The lowest BCUT2D eigenvalue weighted by molar-refractivity contribution is 0.0649. The molecule has 0 aliphatic carbocycles. The number of hydrogen-bond donors (Lipinski definition) is 2. The molecule has 0 saturated carbocycles. The summed E-state index contributed by atoms with van der Waals surface area (Å²) in [4.78, 5) is 0.291. The Bertz CT molecular complexity index is 471. The van der Waals surface area contributed by atoms with Crippen molar-refractivity contribution in [3.05, 3.63) is 24.3 Å². The topological polar surface area (TPSA) is 66.4 Å². The third-order valence-corrected chi connectivity index (χ3v) is 3.85. The average Bonchev–Trinajstić information content (AvgIpc) is 2.15. The Kier molecular flexibility index (Phi) is 3.84. The standard InChI is InChI=1S/C12H19NO3S/c1-9(12(2,3)14)13-10-5-7-11(8-6-10)17(4,15)16/h5-9,13-14H,1-4H3. The zero-order valence-electron chi connectivity index (χ0n) is 10.6. The minimum atomic E-state index is -3.15. The quantitative estimate of drug-likeness (QED) is 0.861. The second-order valence-corrected chi connectivity index (χ2v) is 6.83. The number of sulfone groups is 1. The van der Waals surface area contributed by atoms with E-state index in [9.17, 15) is 13.5 Å². The van der Waals surface area contributed by atoms with Gasteiger partial charge in [-0.15, -0.1) is 0 Å². The molecule has 0 spiro atoms. The van der Waals surface area contributed by atoms with Gasteiger partial charge in [-0.1, -0.05) is 0 Å². The predicted octanol–water partition coefficient (Wildman–Crippen LogP) is 1.66. The lowest BCUT2D eigenvalue weighted by Crippen LogP contribution is -2.39. The highest BCUT2D eigenvalue weighted by atomic mass is 32.2. The summed E-state index contributed by atoms with van der Waals surface area (Å²) in [6.45, 7) is 5.30. The molecule has 0 aromatic heterocycles. The largest absolute Gasteiger partial charge is 0.388 e. The average molecular weight is 257 g/mol. The van der Waals surface area contributed by atoms with E-state index in [4.69, 9.17) is 0 Å². The van der Waals surface area contributed by atoms with Gasteiger partial charge in [0.1, 0.15) is 0 Å². The van der Waals surface area contributed by atoms with Crippen LogP contribution in [0.4, 0.5) is 5.69 Å². The van der Waals surface area contributed by atoms with Crippen LogP contribution in [0.15, 0.2) is 29.2 Å². The molecule has 0 radical (unpaired) electrons. The second kappa shape index (κ2) is 4.66. The predicted molar refractivity (Wildman–Crippen MR) is 68.9 cm³/mol. The van der Waals surface area contributed by atoms with Crippen LogP contribution in [0.3, 0.4) is 0 Å². The van der Waals surface area contributed by atoms with Crippen LogP contribution in [0.25, 0.3) is 0 Å². The Labute approximate surface area is 103 Å². The van der Waals surface area contributed by atoms with Crippen molar-refractivity contribution in [1.29, 1.82) is 0 Å². The van der Waals surface area contributed by atoms with Crippen LogP contribution in [0, 0.1) is 0 Å². The summed E-state index contributed by atoms with van der Waals surface area (Å²) in [7, 11) is -3.15. The molecular weight excluding hydrogens is 238 g/mol. The maximum atomic E-state index is 11.3. The smallest absolute Gasteiger partial charge is 0.175 e. The normalized spacial score (nSPS) is 14.4. The van der Waals surface area contributed by atoms with E-state index in [1.54, 1.807) is 38.1 Å². The molecule has 0 aliphatic heterocycles. The summed E-state index contributed by atoms with van der Waals surface area (Å²) in [6, 6.07) is 6.35. The fourth-order valence-electron chi connectivity index (χ4n) is 1.22. The summed E-state index contributed by atoms with van der Waals surface area (Å²) < 4.78 is 22.5. The van der Waals surface area contributed by atoms with E-state index < -0.39 is 15.4 Å². The number of benzene rings is 1. The third-order valence-electron chi connectivity index (χ3n) is 2.73. The Hall–Kier alpha value is -1.07. The molecular formula is C12H19NO3S. The third kappa shape index (κ3) is 4.02. The van der Waals surface area contributed by atoms with Crippen LogP contribution in [0.2, 0.25) is 0 Å². The molecule has 17 heavy (non-hydrogen) atoms. The van der Waals surface area contributed by atoms with Crippen molar-refractivity contribution in [2.75, 3.05) is 11.6 Å². The second-order valence-electron chi connectivity index (χ2n) is 4.82. The van der Waals surface area contributed by atoms with Crippen LogP contribution in [0.1, 0.15) is 20.8 Å². The first-order valence-corrected chi connectivity index (χ1v) is 7.29. The Morgan fingerprint density at radius 1 is 1.24 bits per heavy atom. The van der Waals surface area contributed by atoms with E-state index in [-0.39, 0.29) is 6.04 Å². The number of anilines is 1. The van der Waals surface area contributed by atoms with Crippen molar-refractivity contribution < 1.29 is 13.5 Å². The minimum absolute atomic E-state index is 0.133. The van der Waals surface area contributed by atoms with Gasteiger partial charge in [0, 0.05) is 11.9 Å². The molecule has 0 saturated heterocycles. The van der Waals surface area contributed by atoms with Gasteiger partial charge in [0.2, 0.25) is 0 Å². The van der Waals surface area contributed by atoms with Crippen LogP contribution in [-0.2, 0) is 9.84 Å². The molecule has 1 aromatic carbocycles. The highest BCUT2D eigenvalue weighted by molar-refractivity contribution is 7.90. The maximum Gasteiger partial charge on any atom is 0.175 e. The fourth-order valence-corrected chi connectivity index (χ4v) is 1.86. The van der Waals surface area contributed by atoms with Gasteiger partial charge in [0.25, 0.3) is 0 Å². The number of nitrogens with one attached hydrogen (secondary N) is 1. The minimum Gasteiger partial charge on any atom is -0.388 e. The van der Waals surface area contributed by atoms with Gasteiger partial charge in [-0.05, 0) is 45.0 Å². The van der Waals surface area contributed by atoms with Crippen molar-refractivity contribution in [3.63, 3.8) is 0 Å². The van der Waals surface area contributed by atoms with Crippen LogP contribution >= 0.6 is 0 Å². The van der Waals surface area contributed by atoms with Gasteiger partial charge in [0.15, 0.2) is 9.84 Å². The highest BCUT2D eigenvalue weighted by Crippen LogP contribution is 2.18. The number of hydrogen-bond acceptors (Lipinski definition) is 4. The molecule has 5 heteroatoms. The van der Waals surface area contributed by atoms with Gasteiger partial charge in [0.05, 0.1) is 16.5 Å². The molecule has 1 aromatic rings. The van der Waals surface area contributed by atoms with Crippen molar-refractivity contribution in [2.24, 2.45) is 0 Å². The molecule has 1 atom stereocenters. The van der Waals surface area contributed by atoms with E-state index in [1.807, 2.05) is 6.92 Å². The van der Waals surface area contributed by atoms with Crippen molar-refractivity contribution in [2.45, 2.75) is 37.3 Å². The Morgan fingerprint density at radius 2 is 1.71 bits per heavy atom. The molecule has 0 aliphatic rings. The summed E-state index contributed by atoms with van der Waals surface area (Å²) in [5, 5.41) is 12.9. The monoisotopic (exact) mass is 257 g/mol. The van der Waals surface area contributed by atoms with Crippen molar-refractivity contribution >= 4 is 15.5 Å². The first kappa shape index (κ1) is 14.0. The van der Waals surface area contributed by atoms with Crippen molar-refractivity contribution in [1.82, 2.24) is 0 Å². The van der Waals surface area contributed by atoms with Gasteiger partial charge in [-0.2, -0.15) is 0 Å². The summed E-state index contributed by atoms with van der Waals surface area (Å²) in [5.74, 6) is 0. The van der Waals surface area contributed by atoms with E-state index in [2.05, 4.69) is 5.32 Å². The van der Waals surface area contributed by atoms with E-state index in [0.29, 0.717) is 4.90 Å². The Balaban J connectivity index is 2.83. The lowest BCUT2D eigenvalue weighted by Gasteiger charge is -2.27. The van der Waals surface area contributed by atoms with E-state index in [1.165, 1.54) is 6.26 Å². The van der Waals surface area contributed by atoms with Gasteiger partial charge < -0.3 is 10.4 Å². The van der Waals surface area contributed by atoms with E-state index >= 15 is 0 Å². The molecule has 0 amide bonds. The molecule has 2 N–H and O–H groups in total. The molecule has 1 rings (SSSR count). The first-order chi connectivity index (χ1) is 7.60. The molecule has 4 nitrogen and oxygen atoms in total. The van der Waals surface area contributed by atoms with Crippen molar-refractivity contribution in [3.8, 4) is 0 Å². The number of aliphatic hydroxyl groups is 1. The molecule has 0 bridgehead atoms. The van der Waals surface area contributed by atoms with Crippen LogP contribution in [-0.4, -0.2) is 31.4 Å². The van der Waals surface area contributed by atoms with Gasteiger partial charge in [-0.25, -0.2) is 8.42 Å². The molecule has 1 unspecified atom stereocenters.